The molecule has 1 aliphatic rings. The third-order valence-corrected chi connectivity index (χ3v) is 4.83. The first-order valence-electron chi connectivity index (χ1n) is 7.62. The van der Waals surface area contributed by atoms with Gasteiger partial charge in [0.05, 0.1) is 18.0 Å². The minimum atomic E-state index is 0.183. The van der Waals surface area contributed by atoms with E-state index in [1.807, 2.05) is 0 Å². The van der Waals surface area contributed by atoms with Crippen molar-refractivity contribution in [2.24, 2.45) is 0 Å². The smallest absolute Gasteiger partial charge is 0.226 e. The van der Waals surface area contributed by atoms with Crippen LogP contribution in [0.25, 0.3) is 10.2 Å². The molecule has 0 radical (unpaired) electrons. The maximum atomic E-state index is 9.59. The lowest BCUT2D eigenvalue weighted by molar-refractivity contribution is 0.266. The van der Waals surface area contributed by atoms with E-state index in [-0.39, 0.29) is 12.6 Å². The molecule has 0 saturated carbocycles. The summed E-state index contributed by atoms with van der Waals surface area (Å²) in [6.45, 7) is 6.25. The van der Waals surface area contributed by atoms with Crippen LogP contribution in [0.3, 0.4) is 0 Å². The molecule has 0 aromatic carbocycles. The van der Waals surface area contributed by atoms with Crippen molar-refractivity contribution in [3.05, 3.63) is 10.9 Å². The largest absolute Gasteiger partial charge is 0.394 e. The molecule has 3 rings (SSSR count). The average molecular weight is 306 g/mol. The van der Waals surface area contributed by atoms with Crippen molar-refractivity contribution in [2.75, 3.05) is 29.9 Å². The van der Waals surface area contributed by atoms with Crippen molar-refractivity contribution >= 4 is 33.3 Å². The zero-order valence-electron chi connectivity index (χ0n) is 12.6. The Morgan fingerprint density at radius 1 is 1.48 bits per heavy atom. The van der Waals surface area contributed by atoms with E-state index in [0.717, 1.165) is 48.4 Å². The van der Waals surface area contributed by atoms with Crippen LogP contribution in [0.2, 0.25) is 0 Å². The molecule has 2 aromatic rings. The van der Waals surface area contributed by atoms with Gasteiger partial charge in [0.1, 0.15) is 10.6 Å². The molecule has 0 amide bonds. The Morgan fingerprint density at radius 3 is 3.10 bits per heavy atom. The maximum absolute atomic E-state index is 9.59. The molecule has 1 aliphatic heterocycles. The molecule has 2 aromatic heterocycles. The fourth-order valence-corrected chi connectivity index (χ4v) is 3.74. The highest BCUT2D eigenvalue weighted by Crippen LogP contribution is 2.34. The van der Waals surface area contributed by atoms with Crippen LogP contribution in [0.4, 0.5) is 11.8 Å². The normalized spacial score (nSPS) is 18.6. The molecule has 114 valence electrons. The third-order valence-electron chi connectivity index (χ3n) is 3.89. The van der Waals surface area contributed by atoms with Crippen LogP contribution in [0, 0.1) is 6.92 Å². The fourth-order valence-electron chi connectivity index (χ4n) is 2.87. The quantitative estimate of drug-likeness (QED) is 0.889. The van der Waals surface area contributed by atoms with Gasteiger partial charge in [0.25, 0.3) is 0 Å². The van der Waals surface area contributed by atoms with Gasteiger partial charge in [0.15, 0.2) is 0 Å². The third kappa shape index (κ3) is 2.82. The molecular weight excluding hydrogens is 284 g/mol. The van der Waals surface area contributed by atoms with Crippen LogP contribution in [0.15, 0.2) is 6.07 Å². The second kappa shape index (κ2) is 6.15. The lowest BCUT2D eigenvalue weighted by Crippen LogP contribution is -2.33. The van der Waals surface area contributed by atoms with Crippen LogP contribution >= 0.6 is 11.3 Å². The predicted octanol–water partition coefficient (Wildman–Crippen LogP) is 2.78. The monoisotopic (exact) mass is 306 g/mol. The van der Waals surface area contributed by atoms with E-state index in [1.54, 1.807) is 11.3 Å². The molecule has 21 heavy (non-hydrogen) atoms. The van der Waals surface area contributed by atoms with Gasteiger partial charge >= 0.3 is 0 Å². The molecule has 3 heterocycles. The lowest BCUT2D eigenvalue weighted by atomic mass is 10.2. The van der Waals surface area contributed by atoms with Crippen LogP contribution < -0.4 is 10.2 Å². The number of fused-ring (bicyclic) bond motifs is 1. The Kier molecular flexibility index (Phi) is 4.26. The van der Waals surface area contributed by atoms with E-state index in [2.05, 4.69) is 35.1 Å². The van der Waals surface area contributed by atoms with E-state index in [1.165, 1.54) is 4.88 Å². The van der Waals surface area contributed by atoms with Crippen molar-refractivity contribution < 1.29 is 5.11 Å². The number of aliphatic hydroxyl groups excluding tert-OH is 1. The van der Waals surface area contributed by atoms with Crippen LogP contribution in [-0.2, 0) is 0 Å². The lowest BCUT2D eigenvalue weighted by Gasteiger charge is -2.25. The summed E-state index contributed by atoms with van der Waals surface area (Å²) in [6, 6.07) is 2.34. The number of rotatable bonds is 5. The van der Waals surface area contributed by atoms with E-state index in [0.29, 0.717) is 5.95 Å². The van der Waals surface area contributed by atoms with E-state index >= 15 is 0 Å². The van der Waals surface area contributed by atoms with Gasteiger partial charge in [-0.2, -0.15) is 4.98 Å². The topological polar surface area (TPSA) is 61.3 Å². The Morgan fingerprint density at radius 2 is 2.33 bits per heavy atom. The summed E-state index contributed by atoms with van der Waals surface area (Å²) in [5.74, 6) is 1.67. The molecule has 1 unspecified atom stereocenters. The van der Waals surface area contributed by atoms with Crippen LogP contribution in [0.5, 0.6) is 0 Å². The number of aliphatic hydroxyl groups is 1. The minimum absolute atomic E-state index is 0.183. The average Bonchev–Trinajstić information content (AvgIpc) is 3.08. The highest BCUT2D eigenvalue weighted by atomic mass is 32.1. The van der Waals surface area contributed by atoms with Gasteiger partial charge in [-0.1, -0.05) is 6.92 Å². The first kappa shape index (κ1) is 14.5. The Labute approximate surface area is 129 Å². The number of aromatic nitrogens is 2. The van der Waals surface area contributed by atoms with Gasteiger partial charge < -0.3 is 15.3 Å². The van der Waals surface area contributed by atoms with Gasteiger partial charge in [-0.05, 0) is 32.3 Å². The SMILES string of the molecule is CCCNc1nc(N2CCCC2CO)c2cc(C)sc2n1. The predicted molar refractivity (Wildman–Crippen MR) is 88.4 cm³/mol. The van der Waals surface area contributed by atoms with E-state index in [9.17, 15) is 5.11 Å². The van der Waals surface area contributed by atoms with Crippen molar-refractivity contribution in [3.8, 4) is 0 Å². The van der Waals surface area contributed by atoms with Crippen LogP contribution in [0.1, 0.15) is 31.1 Å². The van der Waals surface area contributed by atoms with Crippen molar-refractivity contribution in [1.29, 1.82) is 0 Å². The number of thiophene rings is 1. The summed E-state index contributed by atoms with van der Waals surface area (Å²) in [5.41, 5.74) is 0. The molecule has 0 bridgehead atoms. The standard InChI is InChI=1S/C15H22N4OS/c1-3-6-16-15-17-13(19-7-4-5-11(19)9-20)12-8-10(2)21-14(12)18-15/h8,11,20H,3-7,9H2,1-2H3,(H,16,17,18). The molecule has 0 aliphatic carbocycles. The van der Waals surface area contributed by atoms with E-state index < -0.39 is 0 Å². The van der Waals surface area contributed by atoms with Gasteiger partial charge in [0.2, 0.25) is 5.95 Å². The molecule has 2 N–H and O–H groups in total. The zero-order valence-corrected chi connectivity index (χ0v) is 13.4. The van der Waals surface area contributed by atoms with Gasteiger partial charge in [0, 0.05) is 18.0 Å². The zero-order chi connectivity index (χ0) is 14.8. The molecule has 5 nitrogen and oxygen atoms in total. The highest BCUT2D eigenvalue weighted by Gasteiger charge is 2.27. The van der Waals surface area contributed by atoms with Crippen molar-refractivity contribution in [2.45, 2.75) is 39.2 Å². The molecule has 1 saturated heterocycles. The summed E-state index contributed by atoms with van der Waals surface area (Å²) < 4.78 is 0. The highest BCUT2D eigenvalue weighted by molar-refractivity contribution is 7.18. The van der Waals surface area contributed by atoms with Gasteiger partial charge in [-0.15, -0.1) is 11.3 Å². The number of anilines is 2. The second-order valence-corrected chi connectivity index (χ2v) is 6.78. The van der Waals surface area contributed by atoms with Crippen molar-refractivity contribution in [3.63, 3.8) is 0 Å². The second-order valence-electron chi connectivity index (χ2n) is 5.55. The Hall–Kier alpha value is -1.40. The van der Waals surface area contributed by atoms with Gasteiger partial charge in [-0.3, -0.25) is 0 Å². The number of nitrogens with one attached hydrogen (secondary N) is 1. The summed E-state index contributed by atoms with van der Waals surface area (Å²) in [4.78, 5) is 13.9. The summed E-state index contributed by atoms with van der Waals surface area (Å²) in [5, 5.41) is 14.0. The molecule has 0 spiro atoms. The molecule has 1 fully saturated rings. The maximum Gasteiger partial charge on any atom is 0.226 e. The van der Waals surface area contributed by atoms with Crippen molar-refractivity contribution in [1.82, 2.24) is 9.97 Å². The van der Waals surface area contributed by atoms with Gasteiger partial charge in [-0.25, -0.2) is 4.98 Å². The fraction of sp³-hybridized carbons (Fsp3) is 0.600. The van der Waals surface area contributed by atoms with Crippen LogP contribution in [-0.4, -0.2) is 40.8 Å². The first-order valence-corrected chi connectivity index (χ1v) is 8.44. The summed E-state index contributed by atoms with van der Waals surface area (Å²) in [7, 11) is 0. The Bertz CT molecular complexity index is 627. The molecular formula is C15H22N4OS. The first-order chi connectivity index (χ1) is 10.2. The number of hydrogen-bond donors (Lipinski definition) is 2. The minimum Gasteiger partial charge on any atom is -0.394 e. The number of nitrogens with zero attached hydrogens (tertiary/aromatic N) is 3. The molecule has 1 atom stereocenters. The Balaban J connectivity index is 2.05. The summed E-state index contributed by atoms with van der Waals surface area (Å²) in [6.07, 6.45) is 3.18. The molecule has 6 heteroatoms. The summed E-state index contributed by atoms with van der Waals surface area (Å²) >= 11 is 1.70. The van der Waals surface area contributed by atoms with E-state index in [4.69, 9.17) is 4.98 Å². The number of aryl methyl sites for hydroxylation is 1. The number of hydrogen-bond acceptors (Lipinski definition) is 6.